The van der Waals surface area contributed by atoms with Crippen molar-refractivity contribution in [3.8, 4) is 11.5 Å². The van der Waals surface area contributed by atoms with E-state index in [1.165, 1.54) is 13.8 Å². The lowest BCUT2D eigenvalue weighted by atomic mass is 10.0. The van der Waals surface area contributed by atoms with Gasteiger partial charge in [0.25, 0.3) is 0 Å². The Morgan fingerprint density at radius 3 is 2.39 bits per heavy atom. The van der Waals surface area contributed by atoms with E-state index < -0.39 is 11.6 Å². The summed E-state index contributed by atoms with van der Waals surface area (Å²) < 4.78 is 10.9. The third-order valence-corrected chi connectivity index (χ3v) is 2.72. The topological polar surface area (TPSA) is 55.8 Å². The molecule has 0 fully saturated rings. The molecule has 1 rings (SSSR count). The minimum atomic E-state index is -1.29. The van der Waals surface area contributed by atoms with Crippen LogP contribution >= 0.6 is 0 Å². The number of carboxylic acids is 1. The zero-order chi connectivity index (χ0) is 13.9. The van der Waals surface area contributed by atoms with E-state index in [4.69, 9.17) is 14.6 Å². The molecule has 0 heterocycles. The lowest BCUT2D eigenvalue weighted by Crippen LogP contribution is -2.38. The molecule has 1 N–H and O–H groups in total. The monoisotopic (exact) mass is 252 g/mol. The van der Waals surface area contributed by atoms with Crippen LogP contribution < -0.4 is 9.47 Å². The second kappa shape index (κ2) is 5.29. The first-order valence-corrected chi connectivity index (χ1v) is 5.89. The van der Waals surface area contributed by atoms with Gasteiger partial charge in [0.15, 0.2) is 17.1 Å². The fraction of sp³-hybridized carbons (Fsp3) is 0.500. The Hall–Kier alpha value is -1.71. The maximum absolute atomic E-state index is 11.1. The van der Waals surface area contributed by atoms with Crippen LogP contribution in [0.1, 0.15) is 39.2 Å². The number of para-hydroxylation sites is 1. The van der Waals surface area contributed by atoms with Gasteiger partial charge in [-0.2, -0.15) is 0 Å². The molecule has 1 aromatic carbocycles. The van der Waals surface area contributed by atoms with Gasteiger partial charge in [-0.25, -0.2) is 4.79 Å². The standard InChI is InChI=1S/C14H20O4/c1-9(2)10-7-6-8-11(17-5)12(10)18-14(3,4)13(15)16/h6-9H,1-5H3,(H,15,16). The highest BCUT2D eigenvalue weighted by Crippen LogP contribution is 2.37. The van der Waals surface area contributed by atoms with E-state index in [1.54, 1.807) is 13.2 Å². The minimum Gasteiger partial charge on any atom is -0.493 e. The van der Waals surface area contributed by atoms with Gasteiger partial charge in [0.2, 0.25) is 0 Å². The molecule has 0 atom stereocenters. The number of carbonyl (C=O) groups is 1. The third-order valence-electron chi connectivity index (χ3n) is 2.72. The van der Waals surface area contributed by atoms with Crippen LogP contribution in [-0.2, 0) is 4.79 Å². The molecule has 0 bridgehead atoms. The zero-order valence-electron chi connectivity index (χ0n) is 11.5. The molecular formula is C14H20O4. The molecule has 4 nitrogen and oxygen atoms in total. The smallest absolute Gasteiger partial charge is 0.347 e. The average Bonchev–Trinajstić information content (AvgIpc) is 2.28. The van der Waals surface area contributed by atoms with Crippen molar-refractivity contribution in [3.63, 3.8) is 0 Å². The summed E-state index contributed by atoms with van der Waals surface area (Å²) in [7, 11) is 1.54. The molecule has 0 aliphatic carbocycles. The molecule has 0 aliphatic rings. The summed E-state index contributed by atoms with van der Waals surface area (Å²) in [6.45, 7) is 7.09. The molecule has 18 heavy (non-hydrogen) atoms. The number of ether oxygens (including phenoxy) is 2. The fourth-order valence-corrected chi connectivity index (χ4v) is 1.56. The SMILES string of the molecule is COc1cccc(C(C)C)c1OC(C)(C)C(=O)O. The van der Waals surface area contributed by atoms with Gasteiger partial charge >= 0.3 is 5.97 Å². The number of methoxy groups -OCH3 is 1. The maximum atomic E-state index is 11.1. The molecule has 0 saturated heterocycles. The summed E-state index contributed by atoms with van der Waals surface area (Å²) in [4.78, 5) is 11.1. The van der Waals surface area contributed by atoms with Crippen molar-refractivity contribution in [2.75, 3.05) is 7.11 Å². The number of aliphatic carboxylic acids is 1. The number of carboxylic acid groups (broad SMARTS) is 1. The first-order chi connectivity index (χ1) is 8.29. The molecule has 0 spiro atoms. The highest BCUT2D eigenvalue weighted by molar-refractivity contribution is 5.77. The molecule has 0 amide bonds. The molecular weight excluding hydrogens is 232 g/mol. The molecule has 0 aromatic heterocycles. The van der Waals surface area contributed by atoms with Crippen LogP contribution in [0.2, 0.25) is 0 Å². The molecule has 0 saturated carbocycles. The largest absolute Gasteiger partial charge is 0.493 e. The maximum Gasteiger partial charge on any atom is 0.347 e. The molecule has 0 radical (unpaired) electrons. The van der Waals surface area contributed by atoms with Crippen LogP contribution in [-0.4, -0.2) is 23.8 Å². The van der Waals surface area contributed by atoms with Crippen molar-refractivity contribution in [3.05, 3.63) is 23.8 Å². The van der Waals surface area contributed by atoms with Crippen molar-refractivity contribution in [1.82, 2.24) is 0 Å². The lowest BCUT2D eigenvalue weighted by molar-refractivity contribution is -0.152. The van der Waals surface area contributed by atoms with E-state index in [0.717, 1.165) is 5.56 Å². The minimum absolute atomic E-state index is 0.222. The van der Waals surface area contributed by atoms with Crippen LogP contribution in [0, 0.1) is 0 Å². The van der Waals surface area contributed by atoms with Crippen LogP contribution in [0.15, 0.2) is 18.2 Å². The van der Waals surface area contributed by atoms with Crippen LogP contribution in [0.4, 0.5) is 0 Å². The summed E-state index contributed by atoms with van der Waals surface area (Å²) in [5.74, 6) is 0.265. The first-order valence-electron chi connectivity index (χ1n) is 5.89. The average molecular weight is 252 g/mol. The molecule has 4 heteroatoms. The number of rotatable bonds is 5. The van der Waals surface area contributed by atoms with E-state index in [-0.39, 0.29) is 5.92 Å². The number of hydrogen-bond acceptors (Lipinski definition) is 3. The molecule has 100 valence electrons. The van der Waals surface area contributed by atoms with Crippen LogP contribution in [0.5, 0.6) is 11.5 Å². The Bertz CT molecular complexity index is 435. The van der Waals surface area contributed by atoms with Crippen molar-refractivity contribution in [2.24, 2.45) is 0 Å². The number of benzene rings is 1. The summed E-state index contributed by atoms with van der Waals surface area (Å²) in [5, 5.41) is 9.13. The van der Waals surface area contributed by atoms with Gasteiger partial charge in [-0.1, -0.05) is 26.0 Å². The van der Waals surface area contributed by atoms with E-state index in [2.05, 4.69) is 0 Å². The first kappa shape index (κ1) is 14.4. The van der Waals surface area contributed by atoms with Crippen molar-refractivity contribution < 1.29 is 19.4 Å². The lowest BCUT2D eigenvalue weighted by Gasteiger charge is -2.25. The van der Waals surface area contributed by atoms with E-state index in [1.807, 2.05) is 26.0 Å². The third kappa shape index (κ3) is 2.94. The van der Waals surface area contributed by atoms with E-state index in [0.29, 0.717) is 11.5 Å². The van der Waals surface area contributed by atoms with Crippen LogP contribution in [0.3, 0.4) is 0 Å². The Morgan fingerprint density at radius 1 is 1.33 bits per heavy atom. The van der Waals surface area contributed by atoms with Gasteiger partial charge in [-0.3, -0.25) is 0 Å². The second-order valence-electron chi connectivity index (χ2n) is 4.95. The van der Waals surface area contributed by atoms with Gasteiger partial charge in [0.05, 0.1) is 7.11 Å². The molecule has 0 unspecified atom stereocenters. The zero-order valence-corrected chi connectivity index (χ0v) is 11.5. The van der Waals surface area contributed by atoms with Crippen molar-refractivity contribution >= 4 is 5.97 Å². The van der Waals surface area contributed by atoms with Gasteiger partial charge in [0, 0.05) is 5.56 Å². The van der Waals surface area contributed by atoms with Crippen LogP contribution in [0.25, 0.3) is 0 Å². The predicted molar refractivity (Wildman–Crippen MR) is 69.4 cm³/mol. The summed E-state index contributed by atoms with van der Waals surface area (Å²) in [6.07, 6.45) is 0. The second-order valence-corrected chi connectivity index (χ2v) is 4.95. The summed E-state index contributed by atoms with van der Waals surface area (Å²) in [5.41, 5.74) is -0.359. The summed E-state index contributed by atoms with van der Waals surface area (Å²) in [6, 6.07) is 5.55. The summed E-state index contributed by atoms with van der Waals surface area (Å²) >= 11 is 0. The van der Waals surface area contributed by atoms with Gasteiger partial charge in [0.1, 0.15) is 0 Å². The predicted octanol–water partition coefficient (Wildman–Crippen LogP) is 3.06. The van der Waals surface area contributed by atoms with Gasteiger partial charge in [-0.05, 0) is 25.8 Å². The van der Waals surface area contributed by atoms with E-state index in [9.17, 15) is 4.79 Å². The van der Waals surface area contributed by atoms with Crippen molar-refractivity contribution in [1.29, 1.82) is 0 Å². The van der Waals surface area contributed by atoms with E-state index >= 15 is 0 Å². The molecule has 0 aliphatic heterocycles. The quantitative estimate of drug-likeness (QED) is 0.875. The Balaban J connectivity index is 3.24. The van der Waals surface area contributed by atoms with Gasteiger partial charge in [-0.15, -0.1) is 0 Å². The van der Waals surface area contributed by atoms with Gasteiger partial charge < -0.3 is 14.6 Å². The highest BCUT2D eigenvalue weighted by Gasteiger charge is 2.31. The molecule has 1 aromatic rings. The normalized spacial score (nSPS) is 11.4. The number of hydrogen-bond donors (Lipinski definition) is 1. The highest BCUT2D eigenvalue weighted by atomic mass is 16.5. The van der Waals surface area contributed by atoms with Crippen molar-refractivity contribution in [2.45, 2.75) is 39.2 Å². The Labute approximate surface area is 108 Å². The Morgan fingerprint density at radius 2 is 1.94 bits per heavy atom. The fourth-order valence-electron chi connectivity index (χ4n) is 1.56. The Kier molecular flexibility index (Phi) is 4.22.